The second-order valence-corrected chi connectivity index (χ2v) is 5.25. The number of aliphatic hydroxyl groups is 1. The van der Waals surface area contributed by atoms with Crippen LogP contribution in [0.4, 0.5) is 5.82 Å². The monoisotopic (exact) mass is 257 g/mol. The highest BCUT2D eigenvalue weighted by atomic mass is 16.3. The molecule has 4 nitrogen and oxygen atoms in total. The van der Waals surface area contributed by atoms with Crippen molar-refractivity contribution in [3.05, 3.63) is 30.5 Å². The standard InChI is InChI=1S/C15H19N3O/c1-18(13-8-4-5-9-14(13)19)15-10-16-11-6-2-3-7-12(11)17-15/h2-3,6-7,10,13-14,19H,4-5,8-9H2,1H3. The summed E-state index contributed by atoms with van der Waals surface area (Å²) >= 11 is 0. The fraction of sp³-hybridized carbons (Fsp3) is 0.467. The summed E-state index contributed by atoms with van der Waals surface area (Å²) in [6.07, 6.45) is 5.74. The van der Waals surface area contributed by atoms with E-state index in [0.29, 0.717) is 0 Å². The van der Waals surface area contributed by atoms with Gasteiger partial charge in [-0.3, -0.25) is 4.98 Å². The number of likely N-dealkylation sites (N-methyl/N-ethyl adjacent to an activating group) is 1. The molecule has 1 fully saturated rings. The third kappa shape index (κ3) is 2.40. The average molecular weight is 257 g/mol. The van der Waals surface area contributed by atoms with Gasteiger partial charge in [-0.2, -0.15) is 0 Å². The average Bonchev–Trinajstić information content (AvgIpc) is 2.46. The van der Waals surface area contributed by atoms with Gasteiger partial charge in [-0.05, 0) is 25.0 Å². The van der Waals surface area contributed by atoms with Crippen molar-refractivity contribution >= 4 is 16.9 Å². The Morgan fingerprint density at radius 2 is 1.89 bits per heavy atom. The molecule has 0 aliphatic heterocycles. The minimum absolute atomic E-state index is 0.157. The van der Waals surface area contributed by atoms with Crippen molar-refractivity contribution in [2.24, 2.45) is 0 Å². The van der Waals surface area contributed by atoms with Gasteiger partial charge in [0.1, 0.15) is 5.82 Å². The Labute approximate surface area is 113 Å². The third-order valence-corrected chi connectivity index (χ3v) is 3.99. The van der Waals surface area contributed by atoms with E-state index in [1.165, 1.54) is 6.42 Å². The predicted molar refractivity (Wildman–Crippen MR) is 76.2 cm³/mol. The lowest BCUT2D eigenvalue weighted by molar-refractivity contribution is 0.106. The van der Waals surface area contributed by atoms with Crippen molar-refractivity contribution < 1.29 is 5.11 Å². The van der Waals surface area contributed by atoms with Gasteiger partial charge in [0.15, 0.2) is 0 Å². The van der Waals surface area contributed by atoms with Gasteiger partial charge in [0.05, 0.1) is 29.4 Å². The van der Waals surface area contributed by atoms with Gasteiger partial charge in [0.25, 0.3) is 0 Å². The van der Waals surface area contributed by atoms with Crippen LogP contribution in [0.3, 0.4) is 0 Å². The SMILES string of the molecule is CN(c1cnc2ccccc2n1)C1CCCCC1O. The summed E-state index contributed by atoms with van der Waals surface area (Å²) in [4.78, 5) is 11.1. The van der Waals surface area contributed by atoms with Crippen LogP contribution in [0.15, 0.2) is 30.5 Å². The van der Waals surface area contributed by atoms with Crippen LogP contribution in [0.2, 0.25) is 0 Å². The first-order chi connectivity index (χ1) is 9.25. The maximum absolute atomic E-state index is 10.1. The van der Waals surface area contributed by atoms with Crippen LogP contribution in [-0.2, 0) is 0 Å². The molecule has 0 bridgehead atoms. The van der Waals surface area contributed by atoms with E-state index in [1.807, 2.05) is 31.3 Å². The molecule has 100 valence electrons. The van der Waals surface area contributed by atoms with E-state index >= 15 is 0 Å². The van der Waals surface area contributed by atoms with Crippen LogP contribution in [-0.4, -0.2) is 34.3 Å². The number of fused-ring (bicyclic) bond motifs is 1. The largest absolute Gasteiger partial charge is 0.391 e. The smallest absolute Gasteiger partial charge is 0.147 e. The normalized spacial score (nSPS) is 23.5. The maximum Gasteiger partial charge on any atom is 0.147 e. The lowest BCUT2D eigenvalue weighted by Gasteiger charge is -2.35. The van der Waals surface area contributed by atoms with Crippen LogP contribution in [0.25, 0.3) is 11.0 Å². The molecule has 4 heteroatoms. The van der Waals surface area contributed by atoms with Gasteiger partial charge in [-0.25, -0.2) is 4.98 Å². The quantitative estimate of drug-likeness (QED) is 0.897. The second kappa shape index (κ2) is 5.13. The number of rotatable bonds is 2. The molecule has 2 unspecified atom stereocenters. The van der Waals surface area contributed by atoms with Crippen LogP contribution in [0.1, 0.15) is 25.7 Å². The fourth-order valence-electron chi connectivity index (χ4n) is 2.83. The van der Waals surface area contributed by atoms with Gasteiger partial charge < -0.3 is 10.0 Å². The van der Waals surface area contributed by atoms with E-state index in [0.717, 1.165) is 36.1 Å². The lowest BCUT2D eigenvalue weighted by atomic mass is 9.92. The Kier molecular flexibility index (Phi) is 3.34. The van der Waals surface area contributed by atoms with E-state index in [9.17, 15) is 5.11 Å². The molecule has 1 aromatic heterocycles. The van der Waals surface area contributed by atoms with Gasteiger partial charge in [-0.15, -0.1) is 0 Å². The molecule has 2 atom stereocenters. The minimum Gasteiger partial charge on any atom is -0.391 e. The Hall–Kier alpha value is -1.68. The van der Waals surface area contributed by atoms with Crippen LogP contribution < -0.4 is 4.90 Å². The summed E-state index contributed by atoms with van der Waals surface area (Å²) in [6.45, 7) is 0. The molecular weight excluding hydrogens is 238 g/mol. The van der Waals surface area contributed by atoms with Gasteiger partial charge >= 0.3 is 0 Å². The Morgan fingerprint density at radius 1 is 1.16 bits per heavy atom. The maximum atomic E-state index is 10.1. The van der Waals surface area contributed by atoms with E-state index in [1.54, 1.807) is 6.20 Å². The van der Waals surface area contributed by atoms with Crippen LogP contribution >= 0.6 is 0 Å². The van der Waals surface area contributed by atoms with Gasteiger partial charge in [0.2, 0.25) is 0 Å². The summed E-state index contributed by atoms with van der Waals surface area (Å²) in [5, 5.41) is 10.1. The minimum atomic E-state index is -0.257. The molecule has 0 amide bonds. The van der Waals surface area contributed by atoms with Gasteiger partial charge in [0, 0.05) is 7.05 Å². The third-order valence-electron chi connectivity index (χ3n) is 3.99. The lowest BCUT2D eigenvalue weighted by Crippen LogP contribution is -2.43. The summed E-state index contributed by atoms with van der Waals surface area (Å²) in [5.74, 6) is 0.838. The number of para-hydroxylation sites is 2. The van der Waals surface area contributed by atoms with Gasteiger partial charge in [-0.1, -0.05) is 25.0 Å². The van der Waals surface area contributed by atoms with E-state index in [4.69, 9.17) is 0 Å². The zero-order chi connectivity index (χ0) is 13.2. The van der Waals surface area contributed by atoms with Crippen molar-refractivity contribution in [3.63, 3.8) is 0 Å². The molecular formula is C15H19N3O. The van der Waals surface area contributed by atoms with Crippen molar-refractivity contribution in [2.45, 2.75) is 37.8 Å². The predicted octanol–water partition coefficient (Wildman–Crippen LogP) is 2.37. The zero-order valence-electron chi connectivity index (χ0n) is 11.2. The zero-order valence-corrected chi connectivity index (χ0v) is 11.2. The molecule has 1 aliphatic carbocycles. The molecule has 0 spiro atoms. The molecule has 1 aliphatic rings. The van der Waals surface area contributed by atoms with E-state index in [2.05, 4.69) is 14.9 Å². The number of aliphatic hydroxyl groups excluding tert-OH is 1. The molecule has 0 saturated heterocycles. The first kappa shape index (κ1) is 12.4. The highest BCUT2D eigenvalue weighted by molar-refractivity contribution is 5.75. The molecule has 1 N–H and O–H groups in total. The Bertz CT molecular complexity index is 572. The number of hydrogen-bond donors (Lipinski definition) is 1. The first-order valence-electron chi connectivity index (χ1n) is 6.88. The molecule has 1 heterocycles. The number of anilines is 1. The Morgan fingerprint density at radius 3 is 2.68 bits per heavy atom. The molecule has 0 radical (unpaired) electrons. The van der Waals surface area contributed by atoms with Crippen molar-refractivity contribution in [1.82, 2.24) is 9.97 Å². The molecule has 1 aromatic carbocycles. The highest BCUT2D eigenvalue weighted by Gasteiger charge is 2.27. The van der Waals surface area contributed by atoms with E-state index < -0.39 is 0 Å². The molecule has 1 saturated carbocycles. The van der Waals surface area contributed by atoms with Crippen molar-refractivity contribution in [2.75, 3.05) is 11.9 Å². The number of aromatic nitrogens is 2. The van der Waals surface area contributed by atoms with Crippen molar-refractivity contribution in [1.29, 1.82) is 0 Å². The summed E-state index contributed by atoms with van der Waals surface area (Å²) < 4.78 is 0. The first-order valence-corrected chi connectivity index (χ1v) is 6.88. The second-order valence-electron chi connectivity index (χ2n) is 5.25. The number of nitrogens with zero attached hydrogens (tertiary/aromatic N) is 3. The van der Waals surface area contributed by atoms with E-state index in [-0.39, 0.29) is 12.1 Å². The fourth-order valence-corrected chi connectivity index (χ4v) is 2.83. The summed E-state index contributed by atoms with van der Waals surface area (Å²) in [7, 11) is 2.00. The number of hydrogen-bond acceptors (Lipinski definition) is 4. The highest BCUT2D eigenvalue weighted by Crippen LogP contribution is 2.25. The Balaban J connectivity index is 1.90. The topological polar surface area (TPSA) is 49.2 Å². The van der Waals surface area contributed by atoms with Crippen LogP contribution in [0, 0.1) is 0 Å². The summed E-state index contributed by atoms with van der Waals surface area (Å²) in [5.41, 5.74) is 1.81. The summed E-state index contributed by atoms with van der Waals surface area (Å²) in [6, 6.07) is 8.02. The van der Waals surface area contributed by atoms with Crippen molar-refractivity contribution in [3.8, 4) is 0 Å². The molecule has 2 aromatic rings. The molecule has 19 heavy (non-hydrogen) atoms. The number of benzene rings is 1. The van der Waals surface area contributed by atoms with Crippen LogP contribution in [0.5, 0.6) is 0 Å². The molecule has 3 rings (SSSR count).